The van der Waals surface area contributed by atoms with Crippen molar-refractivity contribution in [2.75, 3.05) is 13.1 Å². The van der Waals surface area contributed by atoms with E-state index in [0.717, 1.165) is 43.0 Å². The van der Waals surface area contributed by atoms with E-state index in [-0.39, 0.29) is 5.56 Å². The molecule has 0 saturated heterocycles. The van der Waals surface area contributed by atoms with Gasteiger partial charge in [0.2, 0.25) is 0 Å². The number of likely N-dealkylation sites (N-methyl/N-ethyl adjacent to an activating group) is 1. The first-order chi connectivity index (χ1) is 8.79. The lowest BCUT2D eigenvalue weighted by atomic mass is 10.1. The fourth-order valence-electron chi connectivity index (χ4n) is 2.49. The minimum absolute atomic E-state index is 0.0920. The van der Waals surface area contributed by atoms with Crippen LogP contribution in [0.2, 0.25) is 0 Å². The molecule has 0 amide bonds. The van der Waals surface area contributed by atoms with E-state index in [1.807, 2.05) is 30.3 Å². The molecule has 1 aromatic carbocycles. The molecule has 2 aromatic rings. The monoisotopic (exact) mass is 243 g/mol. The lowest BCUT2D eigenvalue weighted by molar-refractivity contribution is 0.266. The second kappa shape index (κ2) is 4.46. The van der Waals surface area contributed by atoms with Crippen LogP contribution in [0.4, 0.5) is 0 Å². The summed E-state index contributed by atoms with van der Waals surface area (Å²) in [5, 5.41) is 3.24. The molecule has 3 rings (SSSR count). The molecule has 0 unspecified atom stereocenters. The molecule has 2 heterocycles. The van der Waals surface area contributed by atoms with Gasteiger partial charge in [0.05, 0.1) is 11.3 Å². The Hall–Kier alpha value is -1.81. The molecule has 1 N–H and O–H groups in total. The number of rotatable bonds is 2. The van der Waals surface area contributed by atoms with Crippen LogP contribution >= 0.6 is 0 Å². The summed E-state index contributed by atoms with van der Waals surface area (Å²) in [5.41, 5.74) is 3.01. The van der Waals surface area contributed by atoms with Crippen LogP contribution in [0.25, 0.3) is 5.69 Å². The van der Waals surface area contributed by atoms with Crippen molar-refractivity contribution < 1.29 is 0 Å². The molecule has 0 spiro atoms. The van der Waals surface area contributed by atoms with E-state index in [4.69, 9.17) is 0 Å². The van der Waals surface area contributed by atoms with Crippen LogP contribution < -0.4 is 5.56 Å². The van der Waals surface area contributed by atoms with E-state index in [1.54, 1.807) is 4.68 Å². The van der Waals surface area contributed by atoms with Gasteiger partial charge in [-0.2, -0.15) is 0 Å². The molecule has 0 fully saturated rings. The Morgan fingerprint density at radius 2 is 2.06 bits per heavy atom. The molecule has 0 saturated carbocycles. The molecule has 0 bridgehead atoms. The van der Waals surface area contributed by atoms with Crippen LogP contribution in [0.1, 0.15) is 18.2 Å². The zero-order valence-electron chi connectivity index (χ0n) is 10.5. The normalized spacial score (nSPS) is 15.6. The molecule has 1 aliphatic heterocycles. The third kappa shape index (κ3) is 1.78. The van der Waals surface area contributed by atoms with E-state index in [9.17, 15) is 4.79 Å². The maximum absolute atomic E-state index is 12.4. The van der Waals surface area contributed by atoms with Crippen molar-refractivity contribution in [2.45, 2.75) is 19.9 Å². The van der Waals surface area contributed by atoms with Crippen LogP contribution in [-0.2, 0) is 13.0 Å². The molecular formula is C14H17N3O. The number of aromatic amines is 1. The molecule has 4 heteroatoms. The first-order valence-electron chi connectivity index (χ1n) is 6.40. The van der Waals surface area contributed by atoms with Crippen molar-refractivity contribution in [3.8, 4) is 5.69 Å². The second-order valence-corrected chi connectivity index (χ2v) is 4.66. The van der Waals surface area contributed by atoms with Crippen LogP contribution in [0, 0.1) is 0 Å². The average molecular weight is 243 g/mol. The highest BCUT2D eigenvalue weighted by Gasteiger charge is 2.21. The molecule has 18 heavy (non-hydrogen) atoms. The third-order valence-electron chi connectivity index (χ3n) is 3.59. The van der Waals surface area contributed by atoms with Gasteiger partial charge in [-0.15, -0.1) is 0 Å². The van der Waals surface area contributed by atoms with Gasteiger partial charge in [-0.05, 0) is 18.7 Å². The number of aromatic nitrogens is 2. The summed E-state index contributed by atoms with van der Waals surface area (Å²) >= 11 is 0. The standard InChI is InChI=1S/C14H17N3O/c1-2-16-9-8-13-12(10-16)14(18)17(15-13)11-6-4-3-5-7-11/h3-7,15H,2,8-10H2,1H3. The highest BCUT2D eigenvalue weighted by molar-refractivity contribution is 5.33. The molecule has 0 atom stereocenters. The van der Waals surface area contributed by atoms with Crippen molar-refractivity contribution in [1.29, 1.82) is 0 Å². The summed E-state index contributed by atoms with van der Waals surface area (Å²) in [5.74, 6) is 0. The van der Waals surface area contributed by atoms with Crippen molar-refractivity contribution in [3.05, 3.63) is 51.9 Å². The van der Waals surface area contributed by atoms with Crippen LogP contribution in [-0.4, -0.2) is 27.8 Å². The van der Waals surface area contributed by atoms with Gasteiger partial charge in [-0.1, -0.05) is 25.1 Å². The number of H-pyrrole nitrogens is 1. The zero-order valence-corrected chi connectivity index (χ0v) is 10.5. The van der Waals surface area contributed by atoms with Crippen LogP contribution in [0.5, 0.6) is 0 Å². The molecule has 4 nitrogen and oxygen atoms in total. The SMILES string of the molecule is CCN1CCc2[nH]n(-c3ccccc3)c(=O)c2C1. The van der Waals surface area contributed by atoms with Gasteiger partial charge in [0.1, 0.15) is 0 Å². The van der Waals surface area contributed by atoms with Gasteiger partial charge in [-0.3, -0.25) is 14.8 Å². The first kappa shape index (κ1) is 11.3. The van der Waals surface area contributed by atoms with Crippen LogP contribution in [0.15, 0.2) is 35.1 Å². The topological polar surface area (TPSA) is 41.0 Å². The Morgan fingerprint density at radius 1 is 1.28 bits per heavy atom. The summed E-state index contributed by atoms with van der Waals surface area (Å²) in [6.45, 7) is 4.92. The van der Waals surface area contributed by atoms with Gasteiger partial charge >= 0.3 is 0 Å². The van der Waals surface area contributed by atoms with E-state index < -0.39 is 0 Å². The predicted octanol–water partition coefficient (Wildman–Crippen LogP) is 1.54. The smallest absolute Gasteiger partial charge is 0.275 e. The number of para-hydroxylation sites is 1. The number of hydrogen-bond donors (Lipinski definition) is 1. The Labute approximate surface area is 106 Å². The summed E-state index contributed by atoms with van der Waals surface area (Å²) in [6.07, 6.45) is 0.929. The summed E-state index contributed by atoms with van der Waals surface area (Å²) in [7, 11) is 0. The molecule has 94 valence electrons. The maximum Gasteiger partial charge on any atom is 0.275 e. The van der Waals surface area contributed by atoms with E-state index in [0.29, 0.717) is 0 Å². The summed E-state index contributed by atoms with van der Waals surface area (Å²) in [6, 6.07) is 9.73. The summed E-state index contributed by atoms with van der Waals surface area (Å²) in [4.78, 5) is 14.7. The van der Waals surface area contributed by atoms with Crippen molar-refractivity contribution in [1.82, 2.24) is 14.7 Å². The minimum Gasteiger partial charge on any atom is -0.299 e. The highest BCUT2D eigenvalue weighted by Crippen LogP contribution is 2.15. The highest BCUT2D eigenvalue weighted by atomic mass is 16.1. The summed E-state index contributed by atoms with van der Waals surface area (Å²) < 4.78 is 1.66. The van der Waals surface area contributed by atoms with Gasteiger partial charge in [0.25, 0.3) is 5.56 Å². The Morgan fingerprint density at radius 3 is 2.78 bits per heavy atom. The van der Waals surface area contributed by atoms with Gasteiger partial charge in [0, 0.05) is 25.2 Å². The van der Waals surface area contributed by atoms with Gasteiger partial charge in [0.15, 0.2) is 0 Å². The maximum atomic E-state index is 12.4. The number of nitrogens with zero attached hydrogens (tertiary/aromatic N) is 2. The Kier molecular flexibility index (Phi) is 2.80. The van der Waals surface area contributed by atoms with Crippen molar-refractivity contribution in [2.24, 2.45) is 0 Å². The fraction of sp³-hybridized carbons (Fsp3) is 0.357. The lowest BCUT2D eigenvalue weighted by Crippen LogP contribution is -2.32. The molecule has 0 aliphatic carbocycles. The number of fused-ring (bicyclic) bond motifs is 1. The molecule has 0 radical (unpaired) electrons. The minimum atomic E-state index is 0.0920. The Bertz CT molecular complexity index is 597. The van der Waals surface area contributed by atoms with E-state index in [2.05, 4.69) is 16.9 Å². The van der Waals surface area contributed by atoms with Crippen molar-refractivity contribution >= 4 is 0 Å². The zero-order chi connectivity index (χ0) is 12.5. The first-order valence-corrected chi connectivity index (χ1v) is 6.40. The average Bonchev–Trinajstić information content (AvgIpc) is 2.77. The van der Waals surface area contributed by atoms with E-state index >= 15 is 0 Å². The molecular weight excluding hydrogens is 226 g/mol. The van der Waals surface area contributed by atoms with E-state index in [1.165, 1.54) is 0 Å². The largest absolute Gasteiger partial charge is 0.299 e. The van der Waals surface area contributed by atoms with Gasteiger partial charge < -0.3 is 0 Å². The molecule has 1 aromatic heterocycles. The van der Waals surface area contributed by atoms with Crippen molar-refractivity contribution in [3.63, 3.8) is 0 Å². The lowest BCUT2D eigenvalue weighted by Gasteiger charge is -2.23. The third-order valence-corrected chi connectivity index (χ3v) is 3.59. The number of benzene rings is 1. The number of nitrogens with one attached hydrogen (secondary N) is 1. The Balaban J connectivity index is 2.05. The number of hydrogen-bond acceptors (Lipinski definition) is 2. The van der Waals surface area contributed by atoms with Gasteiger partial charge in [-0.25, -0.2) is 4.68 Å². The quantitative estimate of drug-likeness (QED) is 0.869. The molecule has 1 aliphatic rings. The predicted molar refractivity (Wildman–Crippen MR) is 71.0 cm³/mol. The van der Waals surface area contributed by atoms with Crippen LogP contribution in [0.3, 0.4) is 0 Å². The fourth-order valence-corrected chi connectivity index (χ4v) is 2.49. The second-order valence-electron chi connectivity index (χ2n) is 4.66.